The van der Waals surface area contributed by atoms with Gasteiger partial charge in [0.25, 0.3) is 5.91 Å². The Bertz CT molecular complexity index is 1040. The molecule has 2 saturated heterocycles. The average molecular weight is 445 g/mol. The summed E-state index contributed by atoms with van der Waals surface area (Å²) in [6.07, 6.45) is 3.03. The first kappa shape index (κ1) is 21.6. The molecule has 0 spiro atoms. The number of piperazine rings is 1. The van der Waals surface area contributed by atoms with Gasteiger partial charge in [-0.1, -0.05) is 0 Å². The molecule has 0 unspecified atom stereocenters. The molecule has 2 aliphatic heterocycles. The Morgan fingerprint density at radius 1 is 0.968 bits per heavy atom. The quantitative estimate of drug-likeness (QED) is 0.708. The van der Waals surface area contributed by atoms with Gasteiger partial charge < -0.3 is 19.4 Å². The zero-order valence-corrected chi connectivity index (χ0v) is 18.8. The maximum Gasteiger partial charge on any atom is 0.256 e. The van der Waals surface area contributed by atoms with Crippen molar-refractivity contribution in [2.75, 3.05) is 68.5 Å². The van der Waals surface area contributed by atoms with E-state index in [4.69, 9.17) is 4.74 Å². The summed E-state index contributed by atoms with van der Waals surface area (Å²) < 4.78 is 29.7. The second-order valence-corrected chi connectivity index (χ2v) is 10.0. The van der Waals surface area contributed by atoms with Crippen LogP contribution >= 0.6 is 0 Å². The highest BCUT2D eigenvalue weighted by Gasteiger charge is 2.27. The third-order valence-electron chi connectivity index (χ3n) is 5.81. The number of rotatable bonds is 4. The van der Waals surface area contributed by atoms with Crippen LogP contribution in [-0.4, -0.2) is 82.9 Å². The SMILES string of the molecule is Cc1ccc(N2CCN(C(=O)c3cc(S(C)(=O)=O)ccc3N3CCOCC3)CC2)cn1. The number of benzene rings is 1. The molecule has 8 nitrogen and oxygen atoms in total. The number of morpholine rings is 1. The smallest absolute Gasteiger partial charge is 0.256 e. The maximum absolute atomic E-state index is 13.5. The highest BCUT2D eigenvalue weighted by Crippen LogP contribution is 2.27. The van der Waals surface area contributed by atoms with Gasteiger partial charge in [-0.3, -0.25) is 9.78 Å². The van der Waals surface area contributed by atoms with Gasteiger partial charge in [-0.25, -0.2) is 8.42 Å². The van der Waals surface area contributed by atoms with E-state index in [1.165, 1.54) is 12.3 Å². The molecule has 1 aromatic heterocycles. The van der Waals surface area contributed by atoms with Gasteiger partial charge in [0.1, 0.15) is 0 Å². The highest BCUT2D eigenvalue weighted by atomic mass is 32.2. The Morgan fingerprint density at radius 2 is 1.68 bits per heavy atom. The van der Waals surface area contributed by atoms with Crippen molar-refractivity contribution in [3.63, 3.8) is 0 Å². The minimum Gasteiger partial charge on any atom is -0.378 e. The third kappa shape index (κ3) is 4.83. The molecule has 2 aliphatic rings. The second kappa shape index (κ2) is 8.84. The van der Waals surface area contributed by atoms with Gasteiger partial charge in [0, 0.05) is 56.9 Å². The van der Waals surface area contributed by atoms with Crippen molar-refractivity contribution in [3.8, 4) is 0 Å². The van der Waals surface area contributed by atoms with Crippen molar-refractivity contribution in [2.45, 2.75) is 11.8 Å². The van der Waals surface area contributed by atoms with Gasteiger partial charge in [0.15, 0.2) is 9.84 Å². The molecule has 1 amide bonds. The molecule has 9 heteroatoms. The third-order valence-corrected chi connectivity index (χ3v) is 6.92. The first-order valence-electron chi connectivity index (χ1n) is 10.5. The zero-order valence-electron chi connectivity index (χ0n) is 18.0. The number of nitrogens with zero attached hydrogens (tertiary/aromatic N) is 4. The van der Waals surface area contributed by atoms with Gasteiger partial charge in [-0.05, 0) is 37.3 Å². The van der Waals surface area contributed by atoms with E-state index in [0.717, 1.165) is 17.1 Å². The molecule has 2 aromatic rings. The van der Waals surface area contributed by atoms with Gasteiger partial charge in [0.2, 0.25) is 0 Å². The first-order chi connectivity index (χ1) is 14.8. The summed E-state index contributed by atoms with van der Waals surface area (Å²) in [5.41, 5.74) is 3.23. The van der Waals surface area contributed by atoms with E-state index in [9.17, 15) is 13.2 Å². The van der Waals surface area contributed by atoms with Crippen LogP contribution in [0.15, 0.2) is 41.4 Å². The molecular formula is C22H28N4O4S. The lowest BCUT2D eigenvalue weighted by Crippen LogP contribution is -2.49. The Balaban J connectivity index is 1.56. The minimum absolute atomic E-state index is 0.131. The van der Waals surface area contributed by atoms with Gasteiger partial charge in [-0.15, -0.1) is 0 Å². The van der Waals surface area contributed by atoms with E-state index in [1.54, 1.807) is 12.1 Å². The molecule has 166 valence electrons. The average Bonchev–Trinajstić information content (AvgIpc) is 2.79. The maximum atomic E-state index is 13.5. The molecule has 1 aromatic carbocycles. The lowest BCUT2D eigenvalue weighted by molar-refractivity contribution is 0.0746. The van der Waals surface area contributed by atoms with E-state index in [-0.39, 0.29) is 10.8 Å². The summed E-state index contributed by atoms with van der Waals surface area (Å²) in [6.45, 7) is 7.02. The molecule has 0 bridgehead atoms. The zero-order chi connectivity index (χ0) is 22.0. The Labute approximate surface area is 183 Å². The number of pyridine rings is 1. The standard InChI is InChI=1S/C22H28N4O4S/c1-17-3-4-18(16-23-17)24-7-9-26(10-8-24)22(27)20-15-19(31(2,28)29)5-6-21(20)25-11-13-30-14-12-25/h3-6,15-16H,7-14H2,1-2H3. The fraction of sp³-hybridized carbons (Fsp3) is 0.455. The molecule has 0 saturated carbocycles. The summed E-state index contributed by atoms with van der Waals surface area (Å²) in [6, 6.07) is 8.89. The number of sulfone groups is 1. The molecule has 0 atom stereocenters. The van der Waals surface area contributed by atoms with Crippen LogP contribution in [0.2, 0.25) is 0 Å². The molecule has 2 fully saturated rings. The van der Waals surface area contributed by atoms with E-state index in [2.05, 4.69) is 14.8 Å². The summed E-state index contributed by atoms with van der Waals surface area (Å²) in [5.74, 6) is -0.131. The molecular weight excluding hydrogens is 416 g/mol. The molecule has 3 heterocycles. The van der Waals surface area contributed by atoms with Crippen molar-refractivity contribution in [1.29, 1.82) is 0 Å². The van der Waals surface area contributed by atoms with Gasteiger partial charge in [-0.2, -0.15) is 0 Å². The molecule has 31 heavy (non-hydrogen) atoms. The molecule has 0 N–H and O–H groups in total. The predicted molar refractivity (Wildman–Crippen MR) is 120 cm³/mol. The Morgan fingerprint density at radius 3 is 2.29 bits per heavy atom. The second-order valence-electron chi connectivity index (χ2n) is 7.99. The van der Waals surface area contributed by atoms with E-state index >= 15 is 0 Å². The van der Waals surface area contributed by atoms with Crippen LogP contribution in [0, 0.1) is 6.92 Å². The van der Waals surface area contributed by atoms with Crippen LogP contribution in [0.4, 0.5) is 11.4 Å². The number of carbonyl (C=O) groups is 1. The number of amides is 1. The fourth-order valence-electron chi connectivity index (χ4n) is 3.98. The van der Waals surface area contributed by atoms with Crippen molar-refractivity contribution in [2.24, 2.45) is 0 Å². The largest absolute Gasteiger partial charge is 0.378 e. The van der Waals surface area contributed by atoms with Crippen LogP contribution in [0.3, 0.4) is 0 Å². The lowest BCUT2D eigenvalue weighted by atomic mass is 10.1. The Hall–Kier alpha value is -2.65. The van der Waals surface area contributed by atoms with Crippen molar-refractivity contribution in [3.05, 3.63) is 47.8 Å². The van der Waals surface area contributed by atoms with Crippen LogP contribution in [0.1, 0.15) is 16.1 Å². The van der Waals surface area contributed by atoms with Crippen molar-refractivity contribution >= 4 is 27.1 Å². The van der Waals surface area contributed by atoms with Crippen LogP contribution in [-0.2, 0) is 14.6 Å². The van der Waals surface area contributed by atoms with E-state index < -0.39 is 9.84 Å². The summed E-state index contributed by atoms with van der Waals surface area (Å²) in [4.78, 5) is 24.1. The Kier molecular flexibility index (Phi) is 6.15. The lowest BCUT2D eigenvalue weighted by Gasteiger charge is -2.37. The van der Waals surface area contributed by atoms with E-state index in [1.807, 2.05) is 30.2 Å². The molecule has 0 aliphatic carbocycles. The summed E-state index contributed by atoms with van der Waals surface area (Å²) >= 11 is 0. The van der Waals surface area contributed by atoms with Gasteiger partial charge in [0.05, 0.1) is 35.6 Å². The van der Waals surface area contributed by atoms with Crippen LogP contribution in [0.5, 0.6) is 0 Å². The molecule has 0 radical (unpaired) electrons. The normalized spacial score (nSPS) is 17.7. The number of hydrogen-bond acceptors (Lipinski definition) is 7. The van der Waals surface area contributed by atoms with Crippen molar-refractivity contribution in [1.82, 2.24) is 9.88 Å². The topological polar surface area (TPSA) is 83.1 Å². The first-order valence-corrected chi connectivity index (χ1v) is 12.4. The van der Waals surface area contributed by atoms with Crippen LogP contribution < -0.4 is 9.80 Å². The fourth-order valence-corrected chi connectivity index (χ4v) is 4.63. The van der Waals surface area contributed by atoms with Crippen LogP contribution in [0.25, 0.3) is 0 Å². The number of carbonyl (C=O) groups excluding carboxylic acids is 1. The number of ether oxygens (including phenoxy) is 1. The number of hydrogen-bond donors (Lipinski definition) is 0. The number of aromatic nitrogens is 1. The summed E-state index contributed by atoms with van der Waals surface area (Å²) in [7, 11) is -3.41. The monoisotopic (exact) mass is 444 g/mol. The van der Waals surface area contributed by atoms with E-state index in [0.29, 0.717) is 58.0 Å². The minimum atomic E-state index is -3.41. The highest BCUT2D eigenvalue weighted by molar-refractivity contribution is 7.90. The number of anilines is 2. The van der Waals surface area contributed by atoms with Crippen molar-refractivity contribution < 1.29 is 17.9 Å². The molecule has 4 rings (SSSR count). The predicted octanol–water partition coefficient (Wildman–Crippen LogP) is 1.59. The number of aryl methyl sites for hydroxylation is 1. The summed E-state index contributed by atoms with van der Waals surface area (Å²) in [5, 5.41) is 0. The van der Waals surface area contributed by atoms with Gasteiger partial charge >= 0.3 is 0 Å².